The predicted octanol–water partition coefficient (Wildman–Crippen LogP) is 8.08. The van der Waals surface area contributed by atoms with Crippen molar-refractivity contribution in [1.29, 1.82) is 0 Å². The minimum Gasteiger partial charge on any atom is -0.383 e. The molecule has 2 fully saturated rings. The summed E-state index contributed by atoms with van der Waals surface area (Å²) in [6.07, 6.45) is 4.63. The van der Waals surface area contributed by atoms with Crippen LogP contribution in [0.1, 0.15) is 74.5 Å². The number of aromatic nitrogens is 1. The molecule has 4 aliphatic rings. The number of halogens is 5. The zero-order valence-corrected chi connectivity index (χ0v) is 22.7. The number of pyridine rings is 1. The molecule has 216 valence electrons. The van der Waals surface area contributed by atoms with Crippen molar-refractivity contribution in [2.24, 2.45) is 17.3 Å². The van der Waals surface area contributed by atoms with Gasteiger partial charge in [0, 0.05) is 30.1 Å². The van der Waals surface area contributed by atoms with Crippen LogP contribution >= 0.6 is 0 Å². The number of fused-ring (bicyclic) bond motifs is 4. The van der Waals surface area contributed by atoms with Gasteiger partial charge in [-0.3, -0.25) is 9.78 Å². The van der Waals surface area contributed by atoms with Crippen LogP contribution in [0.15, 0.2) is 71.6 Å². The topological polar surface area (TPSA) is 50.2 Å². The molecular formula is C33H32F5NO2. The fourth-order valence-corrected chi connectivity index (χ4v) is 8.22. The lowest BCUT2D eigenvalue weighted by atomic mass is 9.50. The summed E-state index contributed by atoms with van der Waals surface area (Å²) in [5, 5.41) is 11.4. The molecular weight excluding hydrogens is 537 g/mol. The van der Waals surface area contributed by atoms with Gasteiger partial charge in [-0.15, -0.1) is 0 Å². The molecule has 4 aliphatic carbocycles. The largest absolute Gasteiger partial charge is 0.456 e. The van der Waals surface area contributed by atoms with Gasteiger partial charge < -0.3 is 5.11 Å². The molecule has 6 rings (SSSR count). The average Bonchev–Trinajstić information content (AvgIpc) is 3.23. The second kappa shape index (κ2) is 9.72. The van der Waals surface area contributed by atoms with Crippen molar-refractivity contribution < 1.29 is 31.9 Å². The third-order valence-electron chi connectivity index (χ3n) is 10.3. The van der Waals surface area contributed by atoms with E-state index in [2.05, 4.69) is 4.98 Å². The van der Waals surface area contributed by atoms with E-state index in [1.807, 2.05) is 48.6 Å². The Morgan fingerprint density at radius 3 is 2.24 bits per heavy atom. The Labute approximate surface area is 235 Å². The summed E-state index contributed by atoms with van der Waals surface area (Å²) in [5.41, 5.74) is 0.940. The molecule has 0 aliphatic heterocycles. The van der Waals surface area contributed by atoms with Crippen LogP contribution in [0.3, 0.4) is 0 Å². The lowest BCUT2D eigenvalue weighted by Gasteiger charge is -2.56. The van der Waals surface area contributed by atoms with Crippen LogP contribution in [0.2, 0.25) is 0 Å². The molecule has 2 saturated carbocycles. The fourth-order valence-electron chi connectivity index (χ4n) is 8.22. The normalized spacial score (nSPS) is 32.0. The summed E-state index contributed by atoms with van der Waals surface area (Å²) < 4.78 is 71.5. The van der Waals surface area contributed by atoms with Crippen LogP contribution in [0, 0.1) is 17.3 Å². The highest BCUT2D eigenvalue weighted by Gasteiger charge is 2.79. The van der Waals surface area contributed by atoms with E-state index in [0.29, 0.717) is 25.7 Å². The Morgan fingerprint density at radius 2 is 1.59 bits per heavy atom. The van der Waals surface area contributed by atoms with Crippen molar-refractivity contribution in [3.8, 4) is 0 Å². The van der Waals surface area contributed by atoms with Crippen molar-refractivity contribution in [2.75, 3.05) is 0 Å². The van der Waals surface area contributed by atoms with Gasteiger partial charge in [-0.25, -0.2) is 0 Å². The smallest absolute Gasteiger partial charge is 0.383 e. The van der Waals surface area contributed by atoms with E-state index in [1.54, 1.807) is 18.5 Å². The maximum atomic E-state index is 15.1. The number of hydrogen-bond acceptors (Lipinski definition) is 3. The van der Waals surface area contributed by atoms with Gasteiger partial charge in [0.1, 0.15) is 5.60 Å². The summed E-state index contributed by atoms with van der Waals surface area (Å²) in [5.74, 6) is -6.37. The van der Waals surface area contributed by atoms with E-state index in [-0.39, 0.29) is 24.5 Å². The summed E-state index contributed by atoms with van der Waals surface area (Å²) in [7, 11) is 0. The first-order valence-corrected chi connectivity index (χ1v) is 14.2. The summed E-state index contributed by atoms with van der Waals surface area (Å²) in [6.45, 7) is 1.44. The molecule has 1 heterocycles. The molecule has 5 atom stereocenters. The maximum absolute atomic E-state index is 15.1. The Balaban J connectivity index is 1.44. The molecule has 1 aromatic carbocycles. The first kappa shape index (κ1) is 28.0. The van der Waals surface area contributed by atoms with Crippen molar-refractivity contribution >= 4 is 17.9 Å². The van der Waals surface area contributed by atoms with Crippen LogP contribution in [-0.2, 0) is 4.79 Å². The molecule has 41 heavy (non-hydrogen) atoms. The second-order valence-corrected chi connectivity index (χ2v) is 12.2. The van der Waals surface area contributed by atoms with E-state index in [9.17, 15) is 23.1 Å². The van der Waals surface area contributed by atoms with Crippen LogP contribution < -0.4 is 0 Å². The molecule has 8 heteroatoms. The average molecular weight is 570 g/mol. The molecule has 0 bridgehead atoms. The molecule has 0 spiro atoms. The molecule has 3 nitrogen and oxygen atoms in total. The standard InChI is InChI=1S/C33H32F5NO2/c1-30-19-27(22-6-4-20(5-7-22)2-3-21-13-16-39-17-14-21)29-25-11-9-24(40)18-23(25)8-10-26(29)28(30)12-15-31(30,41)32(34,35)33(36,37)38/h2-7,13-14,16-18,26-28,41H,8-12,15,19H2,1H3/b3-2+/t26?,27-,28?,30+,31+/m1/s1. The number of aliphatic hydroxyl groups is 1. The Bertz CT molecular complexity index is 1440. The molecule has 0 radical (unpaired) electrons. The van der Waals surface area contributed by atoms with Crippen molar-refractivity contribution in [3.05, 3.63) is 88.3 Å². The zero-order valence-electron chi connectivity index (χ0n) is 22.7. The highest BCUT2D eigenvalue weighted by atomic mass is 19.4. The van der Waals surface area contributed by atoms with Crippen LogP contribution in [0.4, 0.5) is 22.0 Å². The molecule has 1 N–H and O–H groups in total. The van der Waals surface area contributed by atoms with Crippen molar-refractivity contribution in [3.63, 3.8) is 0 Å². The number of allylic oxidation sites excluding steroid dienone is 4. The zero-order chi connectivity index (χ0) is 29.2. The Hall–Kier alpha value is -3.13. The van der Waals surface area contributed by atoms with Crippen LogP contribution in [0.25, 0.3) is 12.2 Å². The van der Waals surface area contributed by atoms with Gasteiger partial charge in [0.2, 0.25) is 0 Å². The summed E-state index contributed by atoms with van der Waals surface area (Å²) in [4.78, 5) is 16.2. The van der Waals surface area contributed by atoms with Crippen LogP contribution in [-0.4, -0.2) is 33.6 Å². The molecule has 0 amide bonds. The first-order valence-electron chi connectivity index (χ1n) is 14.2. The van der Waals surface area contributed by atoms with E-state index >= 15 is 8.78 Å². The molecule has 1 aromatic heterocycles. The number of carbonyl (C=O) groups is 1. The molecule has 2 unspecified atom stereocenters. The second-order valence-electron chi connectivity index (χ2n) is 12.2. The lowest BCUT2D eigenvalue weighted by Crippen LogP contribution is -2.65. The number of benzene rings is 1. The Morgan fingerprint density at radius 1 is 0.927 bits per heavy atom. The van der Waals surface area contributed by atoms with Crippen molar-refractivity contribution in [2.45, 2.75) is 75.5 Å². The molecule has 2 aromatic rings. The van der Waals surface area contributed by atoms with E-state index in [1.165, 1.54) is 6.92 Å². The highest BCUT2D eigenvalue weighted by molar-refractivity contribution is 5.93. The third-order valence-corrected chi connectivity index (χ3v) is 10.3. The maximum Gasteiger partial charge on any atom is 0.456 e. The van der Waals surface area contributed by atoms with E-state index in [0.717, 1.165) is 33.4 Å². The van der Waals surface area contributed by atoms with E-state index < -0.39 is 41.4 Å². The van der Waals surface area contributed by atoms with Gasteiger partial charge in [0.25, 0.3) is 0 Å². The number of ketones is 1. The Kier molecular flexibility index (Phi) is 6.64. The van der Waals surface area contributed by atoms with Gasteiger partial charge in [-0.2, -0.15) is 22.0 Å². The van der Waals surface area contributed by atoms with Gasteiger partial charge in [-0.1, -0.05) is 48.9 Å². The summed E-state index contributed by atoms with van der Waals surface area (Å²) >= 11 is 0. The number of rotatable bonds is 4. The minimum absolute atomic E-state index is 0.0252. The van der Waals surface area contributed by atoms with Gasteiger partial charge in [0.05, 0.1) is 0 Å². The van der Waals surface area contributed by atoms with Gasteiger partial charge in [-0.05, 0) is 96.4 Å². The number of alkyl halides is 5. The first-order chi connectivity index (χ1) is 19.4. The van der Waals surface area contributed by atoms with Gasteiger partial charge >= 0.3 is 12.1 Å². The number of hydrogen-bond donors (Lipinski definition) is 1. The number of carbonyl (C=O) groups excluding carboxylic acids is 1. The SMILES string of the molecule is C[C@]12C[C@H](c3ccc(/C=C/c4ccncc4)cc3)C3=C4CCC(=O)C=C4CCC3C1CC[C@@]2(O)C(F)(F)C(F)(F)F. The van der Waals surface area contributed by atoms with E-state index in [4.69, 9.17) is 0 Å². The van der Waals surface area contributed by atoms with Crippen LogP contribution in [0.5, 0.6) is 0 Å². The summed E-state index contributed by atoms with van der Waals surface area (Å²) in [6, 6.07) is 11.4. The number of nitrogens with zero attached hydrogens (tertiary/aromatic N) is 1. The van der Waals surface area contributed by atoms with Gasteiger partial charge in [0.15, 0.2) is 5.78 Å². The monoisotopic (exact) mass is 569 g/mol. The predicted molar refractivity (Wildman–Crippen MR) is 146 cm³/mol. The third kappa shape index (κ3) is 4.32. The van der Waals surface area contributed by atoms with Crippen molar-refractivity contribution in [1.82, 2.24) is 4.98 Å². The fraction of sp³-hybridized carbons (Fsp3) is 0.455. The molecule has 0 saturated heterocycles. The minimum atomic E-state index is -5.86. The lowest BCUT2D eigenvalue weighted by molar-refractivity contribution is -0.362. The quantitative estimate of drug-likeness (QED) is 0.379. The highest BCUT2D eigenvalue weighted by Crippen LogP contribution is 2.70.